The molecule has 84 valence electrons. The minimum atomic E-state index is -0.0205. The molecule has 0 saturated carbocycles. The number of nitrogens with zero attached hydrogens (tertiary/aromatic N) is 2. The number of benzene rings is 1. The fourth-order valence-electron chi connectivity index (χ4n) is 2.33. The Morgan fingerprint density at radius 2 is 2.00 bits per heavy atom. The lowest BCUT2D eigenvalue weighted by atomic mass is 9.82. The third kappa shape index (κ3) is 1.43. The molecule has 0 spiro atoms. The molecule has 0 unspecified atom stereocenters. The van der Waals surface area contributed by atoms with E-state index in [2.05, 4.69) is 54.9 Å². The van der Waals surface area contributed by atoms with Crippen molar-refractivity contribution in [3.05, 3.63) is 29.8 Å². The second kappa shape index (κ2) is 3.74. The van der Waals surface area contributed by atoms with Crippen LogP contribution in [0.2, 0.25) is 0 Å². The van der Waals surface area contributed by atoms with Crippen molar-refractivity contribution in [3.63, 3.8) is 0 Å². The number of hydrogen-bond donors (Lipinski definition) is 0. The van der Waals surface area contributed by atoms with Gasteiger partial charge < -0.3 is 4.84 Å². The van der Waals surface area contributed by atoms with Gasteiger partial charge in [0.2, 0.25) is 11.4 Å². The smallest absolute Gasteiger partial charge is 0.213 e. The molecule has 0 radical (unpaired) electrons. The zero-order chi connectivity index (χ0) is 11.8. The standard InChI is InChI=1S/C13H17N2O/c1-13(2)10-7-5-6-8-11(10)15(3)12(13)9-14-16-4/h5-9H,1-4H3/q+1. The first kappa shape index (κ1) is 10.9. The van der Waals surface area contributed by atoms with Crippen LogP contribution >= 0.6 is 0 Å². The third-order valence-electron chi connectivity index (χ3n) is 3.22. The first-order chi connectivity index (χ1) is 7.59. The van der Waals surface area contributed by atoms with Crippen molar-refractivity contribution in [3.8, 4) is 0 Å². The summed E-state index contributed by atoms with van der Waals surface area (Å²) in [4.78, 5) is 4.77. The van der Waals surface area contributed by atoms with Crippen LogP contribution in [-0.4, -0.2) is 30.7 Å². The average molecular weight is 217 g/mol. The van der Waals surface area contributed by atoms with Crippen molar-refractivity contribution >= 4 is 17.6 Å². The number of hydrogen-bond acceptors (Lipinski definition) is 2. The molecule has 0 fully saturated rings. The van der Waals surface area contributed by atoms with Crippen molar-refractivity contribution in [2.75, 3.05) is 14.2 Å². The van der Waals surface area contributed by atoms with Gasteiger partial charge in [0.15, 0.2) is 0 Å². The van der Waals surface area contributed by atoms with Crippen LogP contribution in [0.15, 0.2) is 29.4 Å². The summed E-state index contributed by atoms with van der Waals surface area (Å²) >= 11 is 0. The third-order valence-corrected chi connectivity index (χ3v) is 3.22. The van der Waals surface area contributed by atoms with Gasteiger partial charge in [0, 0.05) is 11.6 Å². The molecule has 3 heteroatoms. The quantitative estimate of drug-likeness (QED) is 0.424. The van der Waals surface area contributed by atoms with Crippen LogP contribution in [0, 0.1) is 0 Å². The number of fused-ring (bicyclic) bond motifs is 1. The Balaban J connectivity index is 2.57. The molecule has 3 nitrogen and oxygen atoms in total. The largest absolute Gasteiger partial charge is 0.399 e. The highest BCUT2D eigenvalue weighted by Gasteiger charge is 2.43. The zero-order valence-electron chi connectivity index (χ0n) is 10.2. The predicted molar refractivity (Wildman–Crippen MR) is 65.8 cm³/mol. The normalized spacial score (nSPS) is 18.0. The molecule has 0 saturated heterocycles. The lowest BCUT2D eigenvalue weighted by Crippen LogP contribution is -2.29. The van der Waals surface area contributed by atoms with Crippen molar-refractivity contribution in [2.45, 2.75) is 19.3 Å². The molecule has 1 aromatic carbocycles. The monoisotopic (exact) mass is 217 g/mol. The van der Waals surface area contributed by atoms with E-state index in [0.717, 1.165) is 5.71 Å². The van der Waals surface area contributed by atoms with Crippen molar-refractivity contribution in [2.24, 2.45) is 5.16 Å². The van der Waals surface area contributed by atoms with Gasteiger partial charge in [0.05, 0.1) is 5.41 Å². The first-order valence-corrected chi connectivity index (χ1v) is 5.36. The van der Waals surface area contributed by atoms with Crippen LogP contribution in [0.1, 0.15) is 19.4 Å². The van der Waals surface area contributed by atoms with Gasteiger partial charge in [-0.15, -0.1) is 0 Å². The van der Waals surface area contributed by atoms with E-state index in [1.165, 1.54) is 11.3 Å². The Morgan fingerprint density at radius 3 is 2.62 bits per heavy atom. The molecule has 0 amide bonds. The van der Waals surface area contributed by atoms with E-state index in [0.29, 0.717) is 0 Å². The maximum atomic E-state index is 4.77. The summed E-state index contributed by atoms with van der Waals surface area (Å²) in [5, 5.41) is 3.88. The average Bonchev–Trinajstić information content (AvgIpc) is 2.46. The summed E-state index contributed by atoms with van der Waals surface area (Å²) in [5.41, 5.74) is 3.70. The topological polar surface area (TPSA) is 24.6 Å². The highest BCUT2D eigenvalue weighted by Crippen LogP contribution is 2.37. The maximum absolute atomic E-state index is 4.77. The number of oxime groups is 1. The fourth-order valence-corrected chi connectivity index (χ4v) is 2.33. The zero-order valence-corrected chi connectivity index (χ0v) is 10.2. The van der Waals surface area contributed by atoms with E-state index >= 15 is 0 Å². The molecule has 2 rings (SSSR count). The molecule has 0 aromatic heterocycles. The van der Waals surface area contributed by atoms with Crippen LogP contribution in [-0.2, 0) is 10.3 Å². The van der Waals surface area contributed by atoms with Gasteiger partial charge in [-0.25, -0.2) is 0 Å². The molecular weight excluding hydrogens is 200 g/mol. The van der Waals surface area contributed by atoms with E-state index < -0.39 is 0 Å². The summed E-state index contributed by atoms with van der Waals surface area (Å²) < 4.78 is 2.16. The van der Waals surface area contributed by atoms with Crippen LogP contribution in [0.25, 0.3) is 0 Å². The summed E-state index contributed by atoms with van der Waals surface area (Å²) in [6.07, 6.45) is 1.79. The van der Waals surface area contributed by atoms with E-state index in [1.807, 2.05) is 0 Å². The summed E-state index contributed by atoms with van der Waals surface area (Å²) in [6, 6.07) is 8.43. The van der Waals surface area contributed by atoms with Crippen molar-refractivity contribution in [1.29, 1.82) is 0 Å². The summed E-state index contributed by atoms with van der Waals surface area (Å²) in [5.74, 6) is 0. The van der Waals surface area contributed by atoms with Gasteiger partial charge in [-0.3, -0.25) is 0 Å². The SMILES string of the molecule is CON=CC1=[N+](C)c2ccccc2C1(C)C. The Labute approximate surface area is 96.0 Å². The summed E-state index contributed by atoms with van der Waals surface area (Å²) in [7, 11) is 3.62. The number of para-hydroxylation sites is 1. The Bertz CT molecular complexity index is 473. The van der Waals surface area contributed by atoms with Crippen LogP contribution in [0.4, 0.5) is 5.69 Å². The van der Waals surface area contributed by atoms with E-state index in [-0.39, 0.29) is 5.41 Å². The van der Waals surface area contributed by atoms with Crippen LogP contribution in [0.3, 0.4) is 0 Å². The maximum Gasteiger partial charge on any atom is 0.213 e. The Hall–Kier alpha value is -1.64. The predicted octanol–water partition coefficient (Wildman–Crippen LogP) is 2.32. The number of rotatable bonds is 2. The molecule has 1 aliphatic rings. The second-order valence-electron chi connectivity index (χ2n) is 4.50. The molecule has 1 aliphatic heterocycles. The van der Waals surface area contributed by atoms with Crippen LogP contribution < -0.4 is 0 Å². The Morgan fingerprint density at radius 1 is 1.31 bits per heavy atom. The van der Waals surface area contributed by atoms with Crippen molar-refractivity contribution in [1.82, 2.24) is 0 Å². The van der Waals surface area contributed by atoms with Gasteiger partial charge in [-0.05, 0) is 13.8 Å². The molecule has 0 atom stereocenters. The highest BCUT2D eigenvalue weighted by molar-refractivity contribution is 6.33. The molecule has 0 N–H and O–H groups in total. The van der Waals surface area contributed by atoms with Crippen molar-refractivity contribution < 1.29 is 9.41 Å². The molecule has 0 aliphatic carbocycles. The summed E-state index contributed by atoms with van der Waals surface area (Å²) in [6.45, 7) is 4.40. The first-order valence-electron chi connectivity index (χ1n) is 5.36. The van der Waals surface area contributed by atoms with Gasteiger partial charge in [0.1, 0.15) is 20.4 Å². The molecule has 0 bridgehead atoms. The van der Waals surface area contributed by atoms with Gasteiger partial charge >= 0.3 is 0 Å². The van der Waals surface area contributed by atoms with Gasteiger partial charge in [0.25, 0.3) is 0 Å². The minimum Gasteiger partial charge on any atom is -0.399 e. The molecule has 16 heavy (non-hydrogen) atoms. The van der Waals surface area contributed by atoms with E-state index in [1.54, 1.807) is 13.3 Å². The van der Waals surface area contributed by atoms with Crippen LogP contribution in [0.5, 0.6) is 0 Å². The van der Waals surface area contributed by atoms with Gasteiger partial charge in [-0.2, -0.15) is 4.58 Å². The van der Waals surface area contributed by atoms with Gasteiger partial charge in [-0.1, -0.05) is 23.4 Å². The lowest BCUT2D eigenvalue weighted by Gasteiger charge is -2.14. The lowest BCUT2D eigenvalue weighted by molar-refractivity contribution is -0.400. The molecule has 1 heterocycles. The minimum absolute atomic E-state index is 0.0205. The molecular formula is C13H17N2O+. The van der Waals surface area contributed by atoms with E-state index in [4.69, 9.17) is 4.84 Å². The second-order valence-corrected chi connectivity index (χ2v) is 4.50. The fraction of sp³-hybridized carbons (Fsp3) is 0.385. The molecule has 1 aromatic rings. The Kier molecular flexibility index (Phi) is 2.54. The van der Waals surface area contributed by atoms with E-state index in [9.17, 15) is 0 Å². The highest BCUT2D eigenvalue weighted by atomic mass is 16.6.